The number of fused-ring (bicyclic) bond motifs is 2. The van der Waals surface area contributed by atoms with E-state index in [1.165, 1.54) is 0 Å². The molecule has 2 heterocycles. The van der Waals surface area contributed by atoms with Crippen LogP contribution in [0.4, 0.5) is 0 Å². The summed E-state index contributed by atoms with van der Waals surface area (Å²) in [6, 6.07) is 10.1. The molecule has 0 bridgehead atoms. The highest BCUT2D eigenvalue weighted by molar-refractivity contribution is 5.98. The Balaban J connectivity index is 1.59. The van der Waals surface area contributed by atoms with Crippen molar-refractivity contribution in [3.63, 3.8) is 0 Å². The van der Waals surface area contributed by atoms with Gasteiger partial charge in [-0.05, 0) is 55.9 Å². The van der Waals surface area contributed by atoms with Crippen molar-refractivity contribution in [1.29, 1.82) is 0 Å². The Morgan fingerprint density at radius 1 is 1.23 bits per heavy atom. The Morgan fingerprint density at radius 3 is 2.91 bits per heavy atom. The smallest absolute Gasteiger partial charge is 0.253 e. The van der Waals surface area contributed by atoms with Crippen LogP contribution in [0.1, 0.15) is 28.9 Å². The summed E-state index contributed by atoms with van der Waals surface area (Å²) in [5.74, 6) is 1.22. The highest BCUT2D eigenvalue weighted by Crippen LogP contribution is 2.37. The Morgan fingerprint density at radius 2 is 2.09 bits per heavy atom. The average Bonchev–Trinajstić information content (AvgIpc) is 3.08. The average molecular weight is 295 g/mol. The second-order valence-corrected chi connectivity index (χ2v) is 6.74. The van der Waals surface area contributed by atoms with Gasteiger partial charge in [-0.1, -0.05) is 6.07 Å². The first-order chi connectivity index (χ1) is 10.6. The number of hydrogen-bond donors (Lipinski definition) is 1. The highest BCUT2D eigenvalue weighted by Gasteiger charge is 2.42. The zero-order valence-corrected chi connectivity index (χ0v) is 12.8. The number of pyridine rings is 1. The van der Waals surface area contributed by atoms with Crippen molar-refractivity contribution in [3.8, 4) is 0 Å². The minimum absolute atomic E-state index is 0.129. The monoisotopic (exact) mass is 295 g/mol. The van der Waals surface area contributed by atoms with E-state index in [2.05, 4.69) is 4.98 Å². The number of amides is 1. The van der Waals surface area contributed by atoms with E-state index < -0.39 is 0 Å². The molecule has 1 saturated heterocycles. The van der Waals surface area contributed by atoms with Crippen molar-refractivity contribution >= 4 is 16.8 Å². The van der Waals surface area contributed by atoms with Crippen LogP contribution in [0.3, 0.4) is 0 Å². The van der Waals surface area contributed by atoms with E-state index in [9.17, 15) is 4.79 Å². The number of nitrogens with zero attached hydrogens (tertiary/aromatic N) is 2. The quantitative estimate of drug-likeness (QED) is 0.878. The predicted octanol–water partition coefficient (Wildman–Crippen LogP) is 2.35. The number of aromatic nitrogens is 1. The molecule has 1 saturated carbocycles. The summed E-state index contributed by atoms with van der Waals surface area (Å²) in [7, 11) is 0. The lowest BCUT2D eigenvalue weighted by molar-refractivity contribution is 0.0780. The second kappa shape index (κ2) is 5.06. The third-order valence-corrected chi connectivity index (χ3v) is 5.27. The summed E-state index contributed by atoms with van der Waals surface area (Å²) in [6.07, 6.45) is 2.27. The molecular formula is C18H21N3O. The van der Waals surface area contributed by atoms with E-state index in [-0.39, 0.29) is 11.9 Å². The molecule has 4 heteroatoms. The summed E-state index contributed by atoms with van der Waals surface area (Å²) in [6.45, 7) is 3.65. The third kappa shape index (κ3) is 2.18. The van der Waals surface area contributed by atoms with Gasteiger partial charge in [-0.3, -0.25) is 9.78 Å². The summed E-state index contributed by atoms with van der Waals surface area (Å²) in [5, 5.41) is 1.02. The Hall–Kier alpha value is -1.94. The van der Waals surface area contributed by atoms with Crippen LogP contribution in [0.15, 0.2) is 30.3 Å². The Bertz CT molecular complexity index is 742. The molecule has 4 nitrogen and oxygen atoms in total. The normalized spacial score (nSPS) is 27.4. The minimum atomic E-state index is 0.129. The van der Waals surface area contributed by atoms with E-state index in [0.717, 1.165) is 48.1 Å². The maximum atomic E-state index is 12.8. The summed E-state index contributed by atoms with van der Waals surface area (Å²) >= 11 is 0. The van der Waals surface area contributed by atoms with Crippen LogP contribution in [-0.2, 0) is 0 Å². The Kier molecular flexibility index (Phi) is 3.15. The van der Waals surface area contributed by atoms with Gasteiger partial charge in [0, 0.05) is 35.8 Å². The molecule has 2 aromatic rings. The molecule has 3 atom stereocenters. The van der Waals surface area contributed by atoms with E-state index in [1.54, 1.807) is 0 Å². The van der Waals surface area contributed by atoms with Crippen LogP contribution in [0, 0.1) is 18.8 Å². The molecule has 2 fully saturated rings. The molecular weight excluding hydrogens is 274 g/mol. The van der Waals surface area contributed by atoms with Gasteiger partial charge in [0.15, 0.2) is 0 Å². The fourth-order valence-corrected chi connectivity index (χ4v) is 4.02. The fraction of sp³-hybridized carbons (Fsp3) is 0.444. The van der Waals surface area contributed by atoms with E-state index >= 15 is 0 Å². The number of aryl methyl sites for hydroxylation is 1. The number of carbonyl (C=O) groups excluding carboxylic acids is 1. The second-order valence-electron chi connectivity index (χ2n) is 6.74. The van der Waals surface area contributed by atoms with Crippen LogP contribution in [-0.4, -0.2) is 34.9 Å². The first-order valence-corrected chi connectivity index (χ1v) is 8.04. The molecule has 4 rings (SSSR count). The number of benzene rings is 1. The highest BCUT2D eigenvalue weighted by atomic mass is 16.2. The van der Waals surface area contributed by atoms with Gasteiger partial charge in [0.2, 0.25) is 0 Å². The van der Waals surface area contributed by atoms with Crippen molar-refractivity contribution in [2.75, 3.05) is 13.1 Å². The molecule has 1 aliphatic heterocycles. The number of hydrogen-bond acceptors (Lipinski definition) is 3. The van der Waals surface area contributed by atoms with E-state index in [4.69, 9.17) is 5.73 Å². The van der Waals surface area contributed by atoms with E-state index in [1.807, 2.05) is 42.2 Å². The molecule has 1 amide bonds. The minimum Gasteiger partial charge on any atom is -0.338 e. The molecule has 0 radical (unpaired) electrons. The largest absolute Gasteiger partial charge is 0.338 e. The lowest BCUT2D eigenvalue weighted by Crippen LogP contribution is -2.33. The number of rotatable bonds is 1. The summed E-state index contributed by atoms with van der Waals surface area (Å²) in [5.41, 5.74) is 8.85. The predicted molar refractivity (Wildman–Crippen MR) is 86.6 cm³/mol. The standard InChI is InChI=1S/C18H21N3O/c1-11-2-3-12-8-13(5-7-17(12)20-11)18(22)21-9-14-4-6-16(19)15(14)10-21/h2-3,5,7-8,14-16H,4,6,9-10,19H2,1H3. The van der Waals surface area contributed by atoms with Crippen molar-refractivity contribution in [1.82, 2.24) is 9.88 Å². The van der Waals surface area contributed by atoms with Crippen LogP contribution in [0.25, 0.3) is 10.9 Å². The lowest BCUT2D eigenvalue weighted by Gasteiger charge is -2.19. The van der Waals surface area contributed by atoms with Crippen molar-refractivity contribution in [3.05, 3.63) is 41.6 Å². The van der Waals surface area contributed by atoms with Crippen LogP contribution in [0.5, 0.6) is 0 Å². The molecule has 2 aliphatic rings. The first kappa shape index (κ1) is 13.7. The topological polar surface area (TPSA) is 59.2 Å². The molecule has 22 heavy (non-hydrogen) atoms. The van der Waals surface area contributed by atoms with Gasteiger partial charge in [-0.25, -0.2) is 0 Å². The molecule has 3 unspecified atom stereocenters. The van der Waals surface area contributed by atoms with Gasteiger partial charge in [0.05, 0.1) is 5.52 Å². The zero-order valence-electron chi connectivity index (χ0n) is 12.8. The van der Waals surface area contributed by atoms with Gasteiger partial charge in [-0.2, -0.15) is 0 Å². The maximum absolute atomic E-state index is 12.8. The fourth-order valence-electron chi connectivity index (χ4n) is 4.02. The maximum Gasteiger partial charge on any atom is 0.253 e. The number of carbonyl (C=O) groups is 1. The zero-order chi connectivity index (χ0) is 15.3. The van der Waals surface area contributed by atoms with Gasteiger partial charge < -0.3 is 10.6 Å². The van der Waals surface area contributed by atoms with Crippen LogP contribution in [0.2, 0.25) is 0 Å². The summed E-state index contributed by atoms with van der Waals surface area (Å²) < 4.78 is 0. The van der Waals surface area contributed by atoms with Crippen LogP contribution < -0.4 is 5.73 Å². The lowest BCUT2D eigenvalue weighted by atomic mass is 9.98. The SMILES string of the molecule is Cc1ccc2cc(C(=O)N3CC4CCC(N)C4C3)ccc2n1. The van der Waals surface area contributed by atoms with E-state index in [0.29, 0.717) is 11.8 Å². The van der Waals surface area contributed by atoms with Gasteiger partial charge in [-0.15, -0.1) is 0 Å². The Labute approximate surface area is 130 Å². The van der Waals surface area contributed by atoms with Crippen molar-refractivity contribution in [2.45, 2.75) is 25.8 Å². The summed E-state index contributed by atoms with van der Waals surface area (Å²) in [4.78, 5) is 19.2. The number of likely N-dealkylation sites (tertiary alicyclic amines) is 1. The molecule has 1 aromatic carbocycles. The molecule has 114 valence electrons. The molecule has 1 aromatic heterocycles. The van der Waals surface area contributed by atoms with Crippen LogP contribution >= 0.6 is 0 Å². The third-order valence-electron chi connectivity index (χ3n) is 5.27. The molecule has 1 aliphatic carbocycles. The van der Waals surface area contributed by atoms with Gasteiger partial charge in [0.25, 0.3) is 5.91 Å². The first-order valence-electron chi connectivity index (χ1n) is 8.04. The van der Waals surface area contributed by atoms with Gasteiger partial charge >= 0.3 is 0 Å². The molecule has 2 N–H and O–H groups in total. The van der Waals surface area contributed by atoms with Crippen molar-refractivity contribution in [2.24, 2.45) is 17.6 Å². The number of nitrogens with two attached hydrogens (primary N) is 1. The molecule has 0 spiro atoms. The van der Waals surface area contributed by atoms with Crippen molar-refractivity contribution < 1.29 is 4.79 Å². The van der Waals surface area contributed by atoms with Gasteiger partial charge in [0.1, 0.15) is 0 Å².